The number of carbonyl (C=O) groups excluding carboxylic acids is 1. The van der Waals surface area contributed by atoms with Gasteiger partial charge >= 0.3 is 11.7 Å². The molecule has 0 radical (unpaired) electrons. The third-order valence-electron chi connectivity index (χ3n) is 4.10. The molecule has 2 aromatic carbocycles. The molecule has 12 heteroatoms. The van der Waals surface area contributed by atoms with Gasteiger partial charge < -0.3 is 9.47 Å². The van der Waals surface area contributed by atoms with E-state index < -0.39 is 28.7 Å². The van der Waals surface area contributed by atoms with Crippen LogP contribution in [0.1, 0.15) is 11.4 Å². The Morgan fingerprint density at radius 3 is 2.81 bits per heavy atom. The highest BCUT2D eigenvalue weighted by atomic mass is 79.9. The second kappa shape index (κ2) is 9.23. The summed E-state index contributed by atoms with van der Waals surface area (Å²) in [7, 11) is 1.16. The molecule has 0 aliphatic heterocycles. The third kappa shape index (κ3) is 4.89. The van der Waals surface area contributed by atoms with Crippen LogP contribution >= 0.6 is 27.5 Å². The highest BCUT2D eigenvalue weighted by Crippen LogP contribution is 2.35. The molecule has 0 aliphatic rings. The Morgan fingerprint density at radius 2 is 2.13 bits per heavy atom. The molecule has 0 unspecified atom stereocenters. The zero-order valence-corrected chi connectivity index (χ0v) is 18.5. The van der Waals surface area contributed by atoms with Crippen LogP contribution in [0.2, 0.25) is 5.02 Å². The van der Waals surface area contributed by atoms with E-state index in [1.54, 1.807) is 25.1 Å². The maximum atomic E-state index is 12.8. The van der Waals surface area contributed by atoms with Gasteiger partial charge in [-0.15, -0.1) is 0 Å². The molecule has 0 fully saturated rings. The Bertz CT molecular complexity index is 1290. The van der Waals surface area contributed by atoms with E-state index in [2.05, 4.69) is 30.8 Å². The lowest BCUT2D eigenvalue weighted by molar-refractivity contribution is -0.385. The number of nitrogens with zero attached hydrogens (tertiary/aromatic N) is 4. The van der Waals surface area contributed by atoms with Gasteiger partial charge in [-0.05, 0) is 31.2 Å². The number of aryl methyl sites for hydroxylation is 1. The Morgan fingerprint density at radius 1 is 1.39 bits per heavy atom. The molecule has 0 amide bonds. The van der Waals surface area contributed by atoms with Crippen molar-refractivity contribution in [2.75, 3.05) is 13.7 Å². The van der Waals surface area contributed by atoms with Crippen molar-refractivity contribution in [2.24, 2.45) is 5.10 Å². The van der Waals surface area contributed by atoms with Crippen molar-refractivity contribution < 1.29 is 19.2 Å². The molecule has 0 bridgehead atoms. The lowest BCUT2D eigenvalue weighted by atomic mass is 10.2. The van der Waals surface area contributed by atoms with Gasteiger partial charge in [0, 0.05) is 16.1 Å². The predicted octanol–water partition coefficient (Wildman–Crippen LogP) is 3.46. The van der Waals surface area contributed by atoms with Gasteiger partial charge in [0.05, 0.1) is 34.2 Å². The van der Waals surface area contributed by atoms with Gasteiger partial charge in [0.15, 0.2) is 6.61 Å². The van der Waals surface area contributed by atoms with Crippen molar-refractivity contribution in [1.82, 2.24) is 9.66 Å². The molecule has 1 heterocycles. The van der Waals surface area contributed by atoms with Crippen LogP contribution in [-0.4, -0.2) is 40.5 Å². The molecule has 0 aliphatic carbocycles. The van der Waals surface area contributed by atoms with Gasteiger partial charge in [-0.3, -0.25) is 14.9 Å². The van der Waals surface area contributed by atoms with Crippen LogP contribution in [0.25, 0.3) is 10.9 Å². The van der Waals surface area contributed by atoms with E-state index in [1.807, 2.05) is 0 Å². The molecular formula is C19H14BrClN4O6. The highest BCUT2D eigenvalue weighted by molar-refractivity contribution is 9.10. The van der Waals surface area contributed by atoms with Gasteiger partial charge in [0.25, 0.3) is 5.56 Å². The molecule has 3 aromatic rings. The summed E-state index contributed by atoms with van der Waals surface area (Å²) in [5.74, 6) is -0.671. The second-order valence-electron chi connectivity index (χ2n) is 6.15. The summed E-state index contributed by atoms with van der Waals surface area (Å²) in [6, 6.07) is 7.62. The van der Waals surface area contributed by atoms with Gasteiger partial charge in [-0.1, -0.05) is 27.5 Å². The van der Waals surface area contributed by atoms with Crippen LogP contribution in [0.5, 0.6) is 5.75 Å². The molecule has 3 rings (SSSR count). The second-order valence-corrected chi connectivity index (χ2v) is 7.48. The van der Waals surface area contributed by atoms with E-state index in [-0.39, 0.29) is 16.3 Å². The van der Waals surface area contributed by atoms with Crippen LogP contribution < -0.4 is 10.3 Å². The number of ether oxygens (including phenoxy) is 2. The summed E-state index contributed by atoms with van der Waals surface area (Å²) >= 11 is 9.43. The topological polar surface area (TPSA) is 126 Å². The van der Waals surface area contributed by atoms with Crippen molar-refractivity contribution in [1.29, 1.82) is 0 Å². The SMILES string of the molecule is COC(=O)COc1c(Cl)cc(C=Nn2c(C)nc3ccc(Br)cc3c2=O)cc1[N+](=O)[O-]. The van der Waals surface area contributed by atoms with Crippen LogP contribution in [0.15, 0.2) is 44.7 Å². The Labute approximate surface area is 188 Å². The molecule has 0 spiro atoms. The van der Waals surface area contributed by atoms with Crippen molar-refractivity contribution in [3.8, 4) is 5.75 Å². The van der Waals surface area contributed by atoms with E-state index in [1.165, 1.54) is 12.3 Å². The first-order valence-electron chi connectivity index (χ1n) is 8.62. The van der Waals surface area contributed by atoms with Crippen LogP contribution in [0, 0.1) is 17.0 Å². The number of nitro groups is 1. The minimum Gasteiger partial charge on any atom is -0.474 e. The number of rotatable bonds is 6. The average molecular weight is 510 g/mol. The van der Waals surface area contributed by atoms with Gasteiger partial charge in [0.1, 0.15) is 5.82 Å². The number of hydrogen-bond donors (Lipinski definition) is 0. The van der Waals surface area contributed by atoms with E-state index in [9.17, 15) is 19.7 Å². The first-order chi connectivity index (χ1) is 14.7. The number of aromatic nitrogens is 2. The first-order valence-corrected chi connectivity index (χ1v) is 9.79. The first kappa shape index (κ1) is 22.4. The Hall–Kier alpha value is -3.31. The summed E-state index contributed by atoms with van der Waals surface area (Å²) in [5, 5.41) is 15.8. The van der Waals surface area contributed by atoms with E-state index in [4.69, 9.17) is 16.3 Å². The number of methoxy groups -OCH3 is 1. The lowest BCUT2D eigenvalue weighted by Gasteiger charge is -2.09. The molecule has 1 aromatic heterocycles. The van der Waals surface area contributed by atoms with E-state index >= 15 is 0 Å². The predicted molar refractivity (Wildman–Crippen MR) is 117 cm³/mol. The zero-order valence-electron chi connectivity index (χ0n) is 16.2. The molecule has 160 valence electrons. The third-order valence-corrected chi connectivity index (χ3v) is 4.87. The molecule has 10 nitrogen and oxygen atoms in total. The van der Waals surface area contributed by atoms with Crippen molar-refractivity contribution in [3.05, 3.63) is 71.7 Å². The number of fused-ring (bicyclic) bond motifs is 1. The summed E-state index contributed by atoms with van der Waals surface area (Å²) in [5.41, 5.74) is -0.119. The fourth-order valence-corrected chi connectivity index (χ4v) is 3.30. The fraction of sp³-hybridized carbons (Fsp3) is 0.158. The van der Waals surface area contributed by atoms with Gasteiger partial charge in [0.2, 0.25) is 5.75 Å². The Kier molecular flexibility index (Phi) is 6.66. The highest BCUT2D eigenvalue weighted by Gasteiger charge is 2.21. The number of carbonyl (C=O) groups is 1. The number of esters is 1. The minimum absolute atomic E-state index is 0.107. The monoisotopic (exact) mass is 508 g/mol. The maximum Gasteiger partial charge on any atom is 0.343 e. The number of hydrogen-bond acceptors (Lipinski definition) is 8. The van der Waals surface area contributed by atoms with E-state index in [0.717, 1.165) is 17.9 Å². The number of halogens is 2. The molecule has 0 saturated heterocycles. The van der Waals surface area contributed by atoms with E-state index in [0.29, 0.717) is 21.2 Å². The van der Waals surface area contributed by atoms with Crippen LogP contribution in [-0.2, 0) is 9.53 Å². The molecule has 0 saturated carbocycles. The summed E-state index contributed by atoms with van der Waals surface area (Å²) in [4.78, 5) is 39.1. The van der Waals surface area contributed by atoms with Crippen molar-refractivity contribution in [2.45, 2.75) is 6.92 Å². The van der Waals surface area contributed by atoms with Gasteiger partial charge in [-0.2, -0.15) is 9.78 Å². The molecule has 0 N–H and O–H groups in total. The van der Waals surface area contributed by atoms with Crippen LogP contribution in [0.3, 0.4) is 0 Å². The number of nitro benzene ring substituents is 1. The zero-order chi connectivity index (χ0) is 22.7. The summed E-state index contributed by atoms with van der Waals surface area (Å²) < 4.78 is 11.4. The quantitative estimate of drug-likeness (QED) is 0.215. The standard InChI is InChI=1S/C19H14BrClN4O6/c1-10-23-15-4-3-12(20)7-13(15)19(27)24(10)22-8-11-5-14(21)18(16(6-11)25(28)29)31-9-17(26)30-2/h3-8H,9H2,1-2H3. The summed E-state index contributed by atoms with van der Waals surface area (Å²) in [6.45, 7) is 1.07. The van der Waals surface area contributed by atoms with Crippen molar-refractivity contribution >= 4 is 56.3 Å². The molecular weight excluding hydrogens is 496 g/mol. The van der Waals surface area contributed by atoms with Crippen molar-refractivity contribution in [3.63, 3.8) is 0 Å². The molecule has 0 atom stereocenters. The fourth-order valence-electron chi connectivity index (χ4n) is 2.66. The average Bonchev–Trinajstić information content (AvgIpc) is 2.72. The smallest absolute Gasteiger partial charge is 0.343 e. The lowest BCUT2D eigenvalue weighted by Crippen LogP contribution is -2.20. The largest absolute Gasteiger partial charge is 0.474 e. The maximum absolute atomic E-state index is 12.8. The summed E-state index contributed by atoms with van der Waals surface area (Å²) in [6.07, 6.45) is 1.24. The van der Waals surface area contributed by atoms with Gasteiger partial charge in [-0.25, -0.2) is 9.78 Å². The Balaban J connectivity index is 2.02. The molecule has 31 heavy (non-hydrogen) atoms. The normalized spacial score (nSPS) is 11.1. The minimum atomic E-state index is -0.721. The number of benzene rings is 2. The van der Waals surface area contributed by atoms with Crippen LogP contribution in [0.4, 0.5) is 5.69 Å².